The van der Waals surface area contributed by atoms with Crippen molar-refractivity contribution in [1.82, 2.24) is 5.32 Å². The molecule has 1 aromatic carbocycles. The van der Waals surface area contributed by atoms with Gasteiger partial charge < -0.3 is 10.1 Å². The Bertz CT molecular complexity index is 408. The fourth-order valence-electron chi connectivity index (χ4n) is 3.16. The maximum Gasteiger partial charge on any atom is 0.120 e. The summed E-state index contributed by atoms with van der Waals surface area (Å²) in [5.41, 5.74) is 1.31. The van der Waals surface area contributed by atoms with E-state index in [2.05, 4.69) is 44.3 Å². The van der Waals surface area contributed by atoms with Crippen LogP contribution in [0.4, 0.5) is 0 Å². The van der Waals surface area contributed by atoms with Gasteiger partial charge in [0.1, 0.15) is 5.75 Å². The molecule has 2 rings (SSSR count). The average molecular weight is 289 g/mol. The highest BCUT2D eigenvalue weighted by atomic mass is 16.5. The Morgan fingerprint density at radius 2 is 1.95 bits per heavy atom. The first-order valence-corrected chi connectivity index (χ1v) is 8.60. The standard InChI is InChI=1S/C19H31NO/c1-15(2)21-19-6-4-5-18(13-19)14-20-12-11-17-9-7-16(3)8-10-17/h4-6,13,15-17,20H,7-12,14H2,1-3H3. The van der Waals surface area contributed by atoms with Crippen LogP contribution in [0.25, 0.3) is 0 Å². The van der Waals surface area contributed by atoms with Crippen molar-refractivity contribution in [1.29, 1.82) is 0 Å². The molecule has 0 unspecified atom stereocenters. The van der Waals surface area contributed by atoms with Gasteiger partial charge in [0.25, 0.3) is 0 Å². The fraction of sp³-hybridized carbons (Fsp3) is 0.684. The molecule has 1 fully saturated rings. The number of nitrogens with one attached hydrogen (secondary N) is 1. The lowest BCUT2D eigenvalue weighted by molar-refractivity contribution is 0.242. The van der Waals surface area contributed by atoms with Gasteiger partial charge in [-0.2, -0.15) is 0 Å². The van der Waals surface area contributed by atoms with E-state index in [4.69, 9.17) is 4.74 Å². The summed E-state index contributed by atoms with van der Waals surface area (Å²) in [6, 6.07) is 8.43. The number of rotatable bonds is 7. The molecule has 1 N–H and O–H groups in total. The second kappa shape index (κ2) is 8.43. The molecule has 0 atom stereocenters. The highest BCUT2D eigenvalue weighted by Gasteiger charge is 2.17. The Morgan fingerprint density at radius 1 is 1.19 bits per heavy atom. The van der Waals surface area contributed by atoms with E-state index >= 15 is 0 Å². The van der Waals surface area contributed by atoms with Crippen LogP contribution in [-0.2, 0) is 6.54 Å². The largest absolute Gasteiger partial charge is 0.491 e. The third-order valence-electron chi connectivity index (χ3n) is 4.46. The molecule has 118 valence electrons. The molecule has 21 heavy (non-hydrogen) atoms. The van der Waals surface area contributed by atoms with Crippen LogP contribution >= 0.6 is 0 Å². The number of ether oxygens (including phenoxy) is 1. The fourth-order valence-corrected chi connectivity index (χ4v) is 3.16. The zero-order valence-electron chi connectivity index (χ0n) is 13.9. The normalized spacial score (nSPS) is 22.5. The molecule has 0 bridgehead atoms. The SMILES string of the molecule is CC1CCC(CCNCc2cccc(OC(C)C)c2)CC1. The van der Waals surface area contributed by atoms with Crippen LogP contribution in [0.15, 0.2) is 24.3 Å². The van der Waals surface area contributed by atoms with Crippen LogP contribution in [0.1, 0.15) is 58.4 Å². The van der Waals surface area contributed by atoms with Gasteiger partial charge in [0.05, 0.1) is 6.10 Å². The maximum atomic E-state index is 5.74. The summed E-state index contributed by atoms with van der Waals surface area (Å²) >= 11 is 0. The van der Waals surface area contributed by atoms with Crippen LogP contribution in [0.2, 0.25) is 0 Å². The Hall–Kier alpha value is -1.02. The van der Waals surface area contributed by atoms with Gasteiger partial charge >= 0.3 is 0 Å². The zero-order valence-corrected chi connectivity index (χ0v) is 13.9. The Labute approximate surface area is 130 Å². The second-order valence-electron chi connectivity index (χ2n) is 6.91. The van der Waals surface area contributed by atoms with Gasteiger partial charge in [-0.05, 0) is 56.3 Å². The zero-order chi connectivity index (χ0) is 15.1. The molecule has 2 nitrogen and oxygen atoms in total. The summed E-state index contributed by atoms with van der Waals surface area (Å²) in [5.74, 6) is 2.88. The van der Waals surface area contributed by atoms with Gasteiger partial charge in [0, 0.05) is 6.54 Å². The van der Waals surface area contributed by atoms with Crippen LogP contribution in [-0.4, -0.2) is 12.6 Å². The first-order chi connectivity index (χ1) is 10.1. The summed E-state index contributed by atoms with van der Waals surface area (Å²) in [5, 5.41) is 3.59. The number of benzene rings is 1. The van der Waals surface area contributed by atoms with Gasteiger partial charge in [0.15, 0.2) is 0 Å². The van der Waals surface area contributed by atoms with Crippen molar-refractivity contribution in [2.75, 3.05) is 6.54 Å². The van der Waals surface area contributed by atoms with E-state index in [0.29, 0.717) is 0 Å². The van der Waals surface area contributed by atoms with Crippen molar-refractivity contribution in [3.63, 3.8) is 0 Å². The third kappa shape index (κ3) is 6.09. The van der Waals surface area contributed by atoms with E-state index in [9.17, 15) is 0 Å². The molecule has 0 radical (unpaired) electrons. The monoisotopic (exact) mass is 289 g/mol. The molecule has 0 heterocycles. The van der Waals surface area contributed by atoms with E-state index in [0.717, 1.165) is 30.7 Å². The van der Waals surface area contributed by atoms with E-state index in [1.807, 2.05) is 6.07 Å². The van der Waals surface area contributed by atoms with Gasteiger partial charge in [0.2, 0.25) is 0 Å². The van der Waals surface area contributed by atoms with E-state index < -0.39 is 0 Å². The van der Waals surface area contributed by atoms with E-state index in [1.54, 1.807) is 0 Å². The van der Waals surface area contributed by atoms with Crippen LogP contribution in [0.5, 0.6) is 5.75 Å². The van der Waals surface area contributed by atoms with Crippen LogP contribution in [0, 0.1) is 11.8 Å². The van der Waals surface area contributed by atoms with Crippen molar-refractivity contribution in [3.8, 4) is 5.75 Å². The Morgan fingerprint density at radius 3 is 2.67 bits per heavy atom. The quantitative estimate of drug-likeness (QED) is 0.729. The first-order valence-electron chi connectivity index (χ1n) is 8.60. The molecule has 1 aliphatic carbocycles. The lowest BCUT2D eigenvalue weighted by Crippen LogP contribution is -2.20. The second-order valence-corrected chi connectivity index (χ2v) is 6.91. The summed E-state index contributed by atoms with van der Waals surface area (Å²) in [4.78, 5) is 0. The molecular formula is C19H31NO. The molecule has 1 saturated carbocycles. The Kier molecular flexibility index (Phi) is 6.56. The molecule has 1 aliphatic rings. The van der Waals surface area contributed by atoms with E-state index in [1.165, 1.54) is 37.7 Å². The summed E-state index contributed by atoms with van der Waals surface area (Å²) in [6.07, 6.45) is 7.29. The molecular weight excluding hydrogens is 258 g/mol. The highest BCUT2D eigenvalue weighted by Crippen LogP contribution is 2.29. The van der Waals surface area contributed by atoms with Crippen molar-refractivity contribution in [2.24, 2.45) is 11.8 Å². The summed E-state index contributed by atoms with van der Waals surface area (Å²) < 4.78 is 5.74. The first kappa shape index (κ1) is 16.4. The molecule has 0 saturated heterocycles. The number of hydrogen-bond acceptors (Lipinski definition) is 2. The van der Waals surface area contributed by atoms with Gasteiger partial charge in [-0.15, -0.1) is 0 Å². The van der Waals surface area contributed by atoms with Crippen LogP contribution < -0.4 is 10.1 Å². The lowest BCUT2D eigenvalue weighted by atomic mass is 9.81. The van der Waals surface area contributed by atoms with Crippen molar-refractivity contribution in [2.45, 2.75) is 65.5 Å². The van der Waals surface area contributed by atoms with Crippen molar-refractivity contribution in [3.05, 3.63) is 29.8 Å². The molecule has 0 aromatic heterocycles. The maximum absolute atomic E-state index is 5.74. The predicted molar refractivity (Wildman–Crippen MR) is 89.7 cm³/mol. The van der Waals surface area contributed by atoms with E-state index in [-0.39, 0.29) is 6.10 Å². The lowest BCUT2D eigenvalue weighted by Gasteiger charge is -2.26. The minimum absolute atomic E-state index is 0.238. The highest BCUT2D eigenvalue weighted by molar-refractivity contribution is 5.28. The summed E-state index contributed by atoms with van der Waals surface area (Å²) in [6.45, 7) is 8.60. The Balaban J connectivity index is 1.66. The van der Waals surface area contributed by atoms with Gasteiger partial charge in [-0.25, -0.2) is 0 Å². The molecule has 2 heteroatoms. The minimum atomic E-state index is 0.238. The average Bonchev–Trinajstić information content (AvgIpc) is 2.45. The molecule has 0 spiro atoms. The summed E-state index contributed by atoms with van der Waals surface area (Å²) in [7, 11) is 0. The molecule has 1 aromatic rings. The number of hydrogen-bond donors (Lipinski definition) is 1. The predicted octanol–water partition coefficient (Wildman–Crippen LogP) is 4.78. The van der Waals surface area contributed by atoms with Gasteiger partial charge in [-0.3, -0.25) is 0 Å². The third-order valence-corrected chi connectivity index (χ3v) is 4.46. The van der Waals surface area contributed by atoms with Crippen molar-refractivity contribution >= 4 is 0 Å². The smallest absolute Gasteiger partial charge is 0.120 e. The van der Waals surface area contributed by atoms with Crippen LogP contribution in [0.3, 0.4) is 0 Å². The van der Waals surface area contributed by atoms with Crippen molar-refractivity contribution < 1.29 is 4.74 Å². The molecule has 0 amide bonds. The molecule has 0 aliphatic heterocycles. The minimum Gasteiger partial charge on any atom is -0.491 e. The van der Waals surface area contributed by atoms with Gasteiger partial charge in [-0.1, -0.05) is 44.7 Å². The topological polar surface area (TPSA) is 21.3 Å².